The molecule has 6 nitrogen and oxygen atoms in total. The van der Waals surface area contributed by atoms with E-state index in [4.69, 9.17) is 22.0 Å². The van der Waals surface area contributed by atoms with E-state index < -0.39 is 11.5 Å². The molecule has 0 aliphatic carbocycles. The Balaban J connectivity index is 2.40. The number of rotatable bonds is 4. The van der Waals surface area contributed by atoms with Crippen LogP contribution in [0.3, 0.4) is 0 Å². The van der Waals surface area contributed by atoms with Gasteiger partial charge in [-0.05, 0) is 30.3 Å². The van der Waals surface area contributed by atoms with Crippen molar-refractivity contribution in [1.29, 1.82) is 5.26 Å². The van der Waals surface area contributed by atoms with Crippen LogP contribution in [0.5, 0.6) is 0 Å². The van der Waals surface area contributed by atoms with Crippen LogP contribution in [0.2, 0.25) is 5.02 Å². The second-order valence-electron chi connectivity index (χ2n) is 4.36. The normalized spacial score (nSPS) is 10.9. The predicted octanol–water partition coefficient (Wildman–Crippen LogP) is 3.47. The molecule has 1 aromatic carbocycles. The van der Waals surface area contributed by atoms with E-state index in [2.05, 4.69) is 4.98 Å². The van der Waals surface area contributed by atoms with E-state index in [9.17, 15) is 9.59 Å². The van der Waals surface area contributed by atoms with Gasteiger partial charge in [0.05, 0.1) is 11.4 Å². The fourth-order valence-corrected chi connectivity index (χ4v) is 2.72. The topological polar surface area (TPSA) is 94.3 Å². The molecule has 0 saturated carbocycles. The molecular formula is C15H10ClN3O3S. The van der Waals surface area contributed by atoms with E-state index >= 15 is 0 Å². The third kappa shape index (κ3) is 3.94. The van der Waals surface area contributed by atoms with Crippen molar-refractivity contribution < 1.29 is 14.7 Å². The number of benzene rings is 1. The highest BCUT2D eigenvalue weighted by atomic mass is 35.5. The summed E-state index contributed by atoms with van der Waals surface area (Å²) < 4.78 is 0. The SMILES string of the molecule is CC(=O)N(c1ccc(Cl)cc1)c1nc(/C=C(/C#N)C(=O)O)cs1. The quantitative estimate of drug-likeness (QED) is 0.675. The van der Waals surface area contributed by atoms with E-state index in [-0.39, 0.29) is 5.91 Å². The largest absolute Gasteiger partial charge is 0.477 e. The van der Waals surface area contributed by atoms with Crippen molar-refractivity contribution in [3.63, 3.8) is 0 Å². The molecule has 0 radical (unpaired) electrons. The summed E-state index contributed by atoms with van der Waals surface area (Å²) >= 11 is 7.00. The molecule has 1 aromatic heterocycles. The molecule has 8 heteroatoms. The summed E-state index contributed by atoms with van der Waals surface area (Å²) in [5, 5.41) is 20.1. The van der Waals surface area contributed by atoms with E-state index in [0.717, 1.165) is 17.4 Å². The molecule has 1 N–H and O–H groups in total. The molecule has 0 fully saturated rings. The van der Waals surface area contributed by atoms with Crippen LogP contribution in [0.4, 0.5) is 10.8 Å². The van der Waals surface area contributed by atoms with Gasteiger partial charge in [0, 0.05) is 17.3 Å². The van der Waals surface area contributed by atoms with Crippen LogP contribution in [0.15, 0.2) is 35.2 Å². The highest BCUT2D eigenvalue weighted by Gasteiger charge is 2.18. The van der Waals surface area contributed by atoms with E-state index in [1.165, 1.54) is 11.8 Å². The number of hydrogen-bond donors (Lipinski definition) is 1. The highest BCUT2D eigenvalue weighted by Crippen LogP contribution is 2.30. The van der Waals surface area contributed by atoms with Crippen LogP contribution in [0.1, 0.15) is 12.6 Å². The number of thiazole rings is 1. The van der Waals surface area contributed by atoms with Crippen molar-refractivity contribution in [1.82, 2.24) is 4.98 Å². The maximum absolute atomic E-state index is 11.9. The number of anilines is 2. The Bertz CT molecular complexity index is 821. The minimum Gasteiger partial charge on any atom is -0.477 e. The van der Waals surface area contributed by atoms with Crippen LogP contribution in [-0.4, -0.2) is 22.0 Å². The standard InChI is InChI=1S/C15H10ClN3O3S/c1-9(20)19(13-4-2-11(16)3-5-13)15-18-12(8-23-15)6-10(7-17)14(21)22/h2-6,8H,1H3,(H,21,22)/b10-6-. The number of halogens is 1. The fourth-order valence-electron chi connectivity index (χ4n) is 1.75. The van der Waals surface area contributed by atoms with Gasteiger partial charge in [0.25, 0.3) is 0 Å². The van der Waals surface area contributed by atoms with Crippen LogP contribution in [0.25, 0.3) is 6.08 Å². The Morgan fingerprint density at radius 2 is 2.04 bits per heavy atom. The molecule has 0 atom stereocenters. The lowest BCUT2D eigenvalue weighted by Gasteiger charge is -2.17. The summed E-state index contributed by atoms with van der Waals surface area (Å²) in [7, 11) is 0. The van der Waals surface area contributed by atoms with Gasteiger partial charge in [0.2, 0.25) is 5.91 Å². The summed E-state index contributed by atoms with van der Waals surface area (Å²) in [6.45, 7) is 1.39. The number of carbonyl (C=O) groups excluding carboxylic acids is 1. The molecule has 0 spiro atoms. The first-order valence-corrected chi connectivity index (χ1v) is 7.55. The first-order valence-electron chi connectivity index (χ1n) is 6.29. The number of hydrogen-bond acceptors (Lipinski definition) is 5. The van der Waals surface area contributed by atoms with Gasteiger partial charge in [0.1, 0.15) is 11.6 Å². The number of nitrogens with zero attached hydrogens (tertiary/aromatic N) is 3. The average Bonchev–Trinajstić information content (AvgIpc) is 2.94. The summed E-state index contributed by atoms with van der Waals surface area (Å²) in [5.41, 5.74) is 0.456. The highest BCUT2D eigenvalue weighted by molar-refractivity contribution is 7.14. The molecule has 0 unspecified atom stereocenters. The van der Waals surface area contributed by atoms with Gasteiger partial charge in [-0.2, -0.15) is 5.26 Å². The molecule has 0 bridgehead atoms. The second kappa shape index (κ2) is 7.05. The zero-order valence-corrected chi connectivity index (χ0v) is 13.4. The lowest BCUT2D eigenvalue weighted by Crippen LogP contribution is -2.22. The lowest BCUT2D eigenvalue weighted by atomic mass is 10.2. The van der Waals surface area contributed by atoms with Gasteiger partial charge >= 0.3 is 5.97 Å². The van der Waals surface area contributed by atoms with Gasteiger partial charge in [0.15, 0.2) is 5.13 Å². The Kier molecular flexibility index (Phi) is 5.11. The van der Waals surface area contributed by atoms with Gasteiger partial charge in [-0.15, -0.1) is 11.3 Å². The molecule has 1 heterocycles. The van der Waals surface area contributed by atoms with E-state index in [0.29, 0.717) is 21.5 Å². The molecule has 2 rings (SSSR count). The van der Waals surface area contributed by atoms with Crippen LogP contribution in [0, 0.1) is 11.3 Å². The summed E-state index contributed by atoms with van der Waals surface area (Å²) in [6.07, 6.45) is 1.16. The Hall–Kier alpha value is -2.69. The predicted molar refractivity (Wildman–Crippen MR) is 87.6 cm³/mol. The number of nitriles is 1. The number of carboxylic acid groups (broad SMARTS) is 1. The number of carbonyl (C=O) groups is 2. The van der Waals surface area contributed by atoms with Crippen LogP contribution in [-0.2, 0) is 9.59 Å². The molecule has 0 aliphatic heterocycles. The van der Waals surface area contributed by atoms with Crippen molar-refractivity contribution in [2.24, 2.45) is 0 Å². The van der Waals surface area contributed by atoms with Crippen molar-refractivity contribution >= 4 is 51.7 Å². The van der Waals surface area contributed by atoms with Crippen LogP contribution < -0.4 is 4.90 Å². The molecule has 2 aromatic rings. The molecule has 0 aliphatic rings. The molecule has 23 heavy (non-hydrogen) atoms. The van der Waals surface area contributed by atoms with Crippen LogP contribution >= 0.6 is 22.9 Å². The van der Waals surface area contributed by atoms with Crippen molar-refractivity contribution in [3.8, 4) is 6.07 Å². The summed E-state index contributed by atoms with van der Waals surface area (Å²) in [4.78, 5) is 28.3. The molecule has 116 valence electrons. The van der Waals surface area contributed by atoms with Gasteiger partial charge in [-0.25, -0.2) is 9.78 Å². The molecular weight excluding hydrogens is 338 g/mol. The minimum absolute atomic E-state index is 0.254. The minimum atomic E-state index is -1.33. The average molecular weight is 348 g/mol. The second-order valence-corrected chi connectivity index (χ2v) is 5.63. The monoisotopic (exact) mass is 347 g/mol. The molecule has 1 amide bonds. The zero-order chi connectivity index (χ0) is 17.0. The fraction of sp³-hybridized carbons (Fsp3) is 0.0667. The first kappa shape index (κ1) is 16.7. The number of carboxylic acids is 1. The van der Waals surface area contributed by atoms with E-state index in [1.807, 2.05) is 0 Å². The Labute approximate surface area is 140 Å². The van der Waals surface area contributed by atoms with Gasteiger partial charge in [-0.3, -0.25) is 9.69 Å². The van der Waals surface area contributed by atoms with E-state index in [1.54, 1.807) is 35.7 Å². The summed E-state index contributed by atoms with van der Waals surface area (Å²) in [6, 6.07) is 8.24. The Morgan fingerprint density at radius 3 is 2.57 bits per heavy atom. The van der Waals surface area contributed by atoms with Crippen molar-refractivity contribution in [3.05, 3.63) is 45.9 Å². The van der Waals surface area contributed by atoms with Gasteiger partial charge in [-0.1, -0.05) is 11.6 Å². The third-order valence-corrected chi connectivity index (χ3v) is 3.84. The maximum Gasteiger partial charge on any atom is 0.346 e. The Morgan fingerprint density at radius 1 is 1.39 bits per heavy atom. The zero-order valence-electron chi connectivity index (χ0n) is 11.9. The number of aliphatic carboxylic acids is 1. The number of aromatic nitrogens is 1. The maximum atomic E-state index is 11.9. The lowest BCUT2D eigenvalue weighted by molar-refractivity contribution is -0.132. The van der Waals surface area contributed by atoms with Crippen molar-refractivity contribution in [2.45, 2.75) is 6.92 Å². The first-order chi connectivity index (χ1) is 10.9. The van der Waals surface area contributed by atoms with Gasteiger partial charge < -0.3 is 5.11 Å². The summed E-state index contributed by atoms with van der Waals surface area (Å²) in [5.74, 6) is -1.58. The molecule has 0 saturated heterocycles. The smallest absolute Gasteiger partial charge is 0.346 e. The van der Waals surface area contributed by atoms with Crippen molar-refractivity contribution in [2.75, 3.05) is 4.90 Å². The number of amides is 1. The third-order valence-electron chi connectivity index (χ3n) is 2.74.